The van der Waals surface area contributed by atoms with Crippen molar-refractivity contribution in [2.75, 3.05) is 41.3 Å². The maximum Gasteiger partial charge on any atom is 0.255 e. The number of amides is 1. The fourth-order valence-corrected chi connectivity index (χ4v) is 6.22. The number of hydrogen-bond acceptors (Lipinski definition) is 11. The number of oxime groups is 1. The predicted molar refractivity (Wildman–Crippen MR) is 145 cm³/mol. The van der Waals surface area contributed by atoms with E-state index in [2.05, 4.69) is 5.16 Å². The molecule has 1 aromatic rings. The smallest absolute Gasteiger partial charge is 0.255 e. The minimum absolute atomic E-state index is 0.0104. The van der Waals surface area contributed by atoms with Gasteiger partial charge in [0.05, 0.1) is 17.3 Å². The van der Waals surface area contributed by atoms with Crippen LogP contribution in [-0.4, -0.2) is 106 Å². The van der Waals surface area contributed by atoms with E-state index in [1.165, 1.54) is 11.0 Å². The lowest BCUT2D eigenvalue weighted by molar-refractivity contribution is -0.148. The number of aliphatic hydroxyl groups is 3. The molecule has 0 spiro atoms. The summed E-state index contributed by atoms with van der Waals surface area (Å²) in [5, 5.41) is 49.1. The first kappa shape index (κ1) is 29.2. The van der Waals surface area contributed by atoms with Gasteiger partial charge in [-0.2, -0.15) is 0 Å². The third-order valence-corrected chi connectivity index (χ3v) is 8.02. The fraction of sp³-hybridized carbons (Fsp3) is 0.500. The molecule has 0 radical (unpaired) electrons. The van der Waals surface area contributed by atoms with Gasteiger partial charge in [0.1, 0.15) is 29.4 Å². The average Bonchev–Trinajstić information content (AvgIpc) is 2.86. The minimum atomic E-state index is -2.68. The number of benzene rings is 1. The van der Waals surface area contributed by atoms with Crippen molar-refractivity contribution in [1.82, 2.24) is 9.80 Å². The molecular formula is C28H36N4O8. The summed E-state index contributed by atoms with van der Waals surface area (Å²) in [5.74, 6) is -6.86. The number of carbonyl (C=O) groups excluding carboxylic acids is 3. The fourth-order valence-electron chi connectivity index (χ4n) is 6.22. The van der Waals surface area contributed by atoms with Crippen LogP contribution >= 0.6 is 0 Å². The second-order valence-electron chi connectivity index (χ2n) is 11.0. The van der Waals surface area contributed by atoms with Crippen LogP contribution < -0.4 is 5.73 Å². The molecule has 12 nitrogen and oxygen atoms in total. The van der Waals surface area contributed by atoms with Crippen LogP contribution in [0.2, 0.25) is 0 Å². The van der Waals surface area contributed by atoms with Gasteiger partial charge in [-0.25, -0.2) is 0 Å². The van der Waals surface area contributed by atoms with Gasteiger partial charge in [0.25, 0.3) is 5.91 Å². The van der Waals surface area contributed by atoms with Gasteiger partial charge in [0.15, 0.2) is 11.4 Å². The number of likely N-dealkylation sites (N-methyl/N-ethyl adjacent to an activating group) is 1. The monoisotopic (exact) mass is 556 g/mol. The molecule has 0 saturated carbocycles. The van der Waals surface area contributed by atoms with Gasteiger partial charge < -0.3 is 35.9 Å². The predicted octanol–water partition coefficient (Wildman–Crippen LogP) is 0.813. The number of Topliss-reactive ketones (excluding diaryl/α,β-unsaturated/α-hetero) is 2. The summed E-state index contributed by atoms with van der Waals surface area (Å²) < 4.78 is 0. The molecule has 3 aliphatic rings. The zero-order chi connectivity index (χ0) is 29.7. The molecule has 1 amide bonds. The van der Waals surface area contributed by atoms with E-state index < -0.39 is 58.0 Å². The maximum atomic E-state index is 13.9. The summed E-state index contributed by atoms with van der Waals surface area (Å²) in [6.45, 7) is 2.77. The number of aliphatic hydroxyl groups excluding tert-OH is 2. The molecule has 6 N–H and O–H groups in total. The number of aromatic hydroxyl groups is 1. The van der Waals surface area contributed by atoms with E-state index >= 15 is 0 Å². The lowest BCUT2D eigenvalue weighted by Gasteiger charge is -2.50. The van der Waals surface area contributed by atoms with Crippen LogP contribution in [0.4, 0.5) is 0 Å². The molecule has 0 aromatic heterocycles. The van der Waals surface area contributed by atoms with E-state index in [9.17, 15) is 34.8 Å². The lowest BCUT2D eigenvalue weighted by atomic mass is 9.58. The van der Waals surface area contributed by atoms with Crippen LogP contribution in [0, 0.1) is 11.8 Å². The Morgan fingerprint density at radius 3 is 2.42 bits per heavy atom. The quantitative estimate of drug-likeness (QED) is 0.174. The Morgan fingerprint density at radius 1 is 1.18 bits per heavy atom. The van der Waals surface area contributed by atoms with E-state index in [4.69, 9.17) is 10.6 Å². The first-order valence-corrected chi connectivity index (χ1v) is 13.1. The Balaban J connectivity index is 1.91. The number of phenolic OH excluding ortho intramolecular Hbond substituents is 1. The zero-order valence-corrected chi connectivity index (χ0v) is 23.3. The van der Waals surface area contributed by atoms with Gasteiger partial charge in [-0.15, -0.1) is 0 Å². The summed E-state index contributed by atoms with van der Waals surface area (Å²) in [5.41, 5.74) is 3.29. The Hall–Kier alpha value is -3.74. The molecule has 0 aliphatic heterocycles. The van der Waals surface area contributed by atoms with Gasteiger partial charge in [-0.05, 0) is 71.6 Å². The molecule has 40 heavy (non-hydrogen) atoms. The molecular weight excluding hydrogens is 520 g/mol. The number of fused-ring (bicyclic) bond motifs is 3. The van der Waals surface area contributed by atoms with Gasteiger partial charge in [0.2, 0.25) is 5.78 Å². The number of carbonyl (C=O) groups is 3. The molecule has 0 saturated heterocycles. The van der Waals surface area contributed by atoms with E-state index in [1.807, 2.05) is 19.0 Å². The van der Waals surface area contributed by atoms with E-state index in [0.717, 1.165) is 0 Å². The van der Waals surface area contributed by atoms with Crippen molar-refractivity contribution in [3.05, 3.63) is 51.5 Å². The Bertz CT molecular complexity index is 1360. The van der Waals surface area contributed by atoms with E-state index in [0.29, 0.717) is 36.4 Å². The molecule has 4 atom stereocenters. The van der Waals surface area contributed by atoms with Crippen molar-refractivity contribution in [1.29, 1.82) is 0 Å². The van der Waals surface area contributed by atoms with Crippen molar-refractivity contribution >= 4 is 23.2 Å². The van der Waals surface area contributed by atoms with Crippen LogP contribution in [-0.2, 0) is 20.8 Å². The van der Waals surface area contributed by atoms with Crippen molar-refractivity contribution in [2.45, 2.75) is 37.8 Å². The largest absolute Gasteiger partial charge is 0.510 e. The minimum Gasteiger partial charge on any atom is -0.510 e. The summed E-state index contributed by atoms with van der Waals surface area (Å²) >= 11 is 0. The van der Waals surface area contributed by atoms with Crippen molar-refractivity contribution in [2.24, 2.45) is 22.7 Å². The van der Waals surface area contributed by atoms with Crippen LogP contribution in [0.5, 0.6) is 5.75 Å². The molecule has 12 heteroatoms. The lowest BCUT2D eigenvalue weighted by Crippen LogP contribution is -2.63. The highest BCUT2D eigenvalue weighted by atomic mass is 16.6. The first-order chi connectivity index (χ1) is 18.8. The van der Waals surface area contributed by atoms with Gasteiger partial charge >= 0.3 is 0 Å². The SMILES string of the molecule is CCON=C(CCN(C)C)c1ccc(O)c2c1C[C@H]1C[C@H]3[C@@H](N(C)C)C(O)=C(C(N)=O)C(=O)[C@@]3(O)C(O)=C1C2=O. The van der Waals surface area contributed by atoms with E-state index in [1.54, 1.807) is 27.1 Å². The normalized spacial score (nSPS) is 26.7. The average molecular weight is 557 g/mol. The molecule has 0 unspecified atom stereocenters. The number of primary amides is 1. The highest BCUT2D eigenvalue weighted by molar-refractivity contribution is 6.25. The number of ketones is 2. The van der Waals surface area contributed by atoms with Gasteiger partial charge in [-0.1, -0.05) is 5.16 Å². The van der Waals surface area contributed by atoms with Crippen molar-refractivity contribution in [3.8, 4) is 5.75 Å². The maximum absolute atomic E-state index is 13.9. The van der Waals surface area contributed by atoms with Crippen molar-refractivity contribution < 1.29 is 39.6 Å². The first-order valence-electron chi connectivity index (χ1n) is 13.1. The second kappa shape index (κ2) is 10.7. The number of nitrogens with zero attached hydrogens (tertiary/aromatic N) is 3. The Kier molecular flexibility index (Phi) is 7.81. The molecule has 3 aliphatic carbocycles. The molecule has 4 rings (SSSR count). The van der Waals surface area contributed by atoms with Crippen LogP contribution in [0.15, 0.2) is 40.0 Å². The van der Waals surface area contributed by atoms with Gasteiger partial charge in [-0.3, -0.25) is 19.3 Å². The standard InChI is InChI=1S/C28H36N4O8/c1-6-40-30-17(9-10-31(2)3)14-7-8-18(33)20-15(14)11-13-12-16-22(32(4)5)24(35)21(27(29)38)26(37)28(16,39)25(36)19(13)23(20)34/h7-8,13,16,22,33,35-36,39H,6,9-12H2,1-5H3,(H2,29,38)/t13-,16-,22+,28-/m0/s1. The van der Waals surface area contributed by atoms with Crippen LogP contribution in [0.1, 0.15) is 41.3 Å². The third-order valence-electron chi connectivity index (χ3n) is 8.02. The summed E-state index contributed by atoms with van der Waals surface area (Å²) in [6.07, 6.45) is 0.674. The number of nitrogens with two attached hydrogens (primary N) is 1. The van der Waals surface area contributed by atoms with Crippen molar-refractivity contribution in [3.63, 3.8) is 0 Å². The summed E-state index contributed by atoms with van der Waals surface area (Å²) in [4.78, 5) is 48.3. The Morgan fingerprint density at radius 2 is 1.85 bits per heavy atom. The Labute approximate surface area is 232 Å². The molecule has 216 valence electrons. The highest BCUT2D eigenvalue weighted by Gasteiger charge is 2.63. The highest BCUT2D eigenvalue weighted by Crippen LogP contribution is 2.52. The van der Waals surface area contributed by atoms with Gasteiger partial charge in [0, 0.05) is 30.0 Å². The number of phenols is 1. The number of rotatable bonds is 8. The van der Waals surface area contributed by atoms with E-state index in [-0.39, 0.29) is 29.7 Å². The molecule has 0 fully saturated rings. The summed E-state index contributed by atoms with van der Waals surface area (Å²) in [7, 11) is 7.00. The zero-order valence-electron chi connectivity index (χ0n) is 23.3. The number of hydrogen-bond donors (Lipinski definition) is 5. The summed E-state index contributed by atoms with van der Waals surface area (Å²) in [6, 6.07) is 1.98. The second-order valence-corrected chi connectivity index (χ2v) is 11.0. The van der Waals surface area contributed by atoms with Crippen LogP contribution in [0.25, 0.3) is 0 Å². The molecule has 0 bridgehead atoms. The van der Waals surface area contributed by atoms with Crippen LogP contribution in [0.3, 0.4) is 0 Å². The molecule has 0 heterocycles. The number of allylic oxidation sites excluding steroid dienone is 1. The third kappa shape index (κ3) is 4.45. The molecule has 1 aromatic carbocycles. The topological polar surface area (TPSA) is 186 Å².